The molecule has 0 saturated heterocycles. The predicted molar refractivity (Wildman–Crippen MR) is 74.1 cm³/mol. The van der Waals surface area contributed by atoms with Crippen LogP contribution in [0.1, 0.15) is 12.5 Å². The molecule has 2 heterocycles. The van der Waals surface area contributed by atoms with E-state index in [9.17, 15) is 0 Å². The number of benzene rings is 1. The van der Waals surface area contributed by atoms with Crippen molar-refractivity contribution in [2.24, 2.45) is 0 Å². The summed E-state index contributed by atoms with van der Waals surface area (Å²) >= 11 is 1.76. The second-order valence-electron chi connectivity index (χ2n) is 4.08. The van der Waals surface area contributed by atoms with Gasteiger partial charge < -0.3 is 4.74 Å². The molecule has 0 atom stereocenters. The first-order chi connectivity index (χ1) is 8.86. The van der Waals surface area contributed by atoms with Gasteiger partial charge in [-0.3, -0.25) is 4.68 Å². The van der Waals surface area contributed by atoms with E-state index >= 15 is 0 Å². The lowest BCUT2D eigenvalue weighted by Crippen LogP contribution is -1.94. The van der Waals surface area contributed by atoms with Crippen LogP contribution in [0.2, 0.25) is 0 Å². The molecule has 0 amide bonds. The van der Waals surface area contributed by atoms with Crippen molar-refractivity contribution >= 4 is 21.4 Å². The van der Waals surface area contributed by atoms with Crippen molar-refractivity contribution in [3.63, 3.8) is 0 Å². The van der Waals surface area contributed by atoms with Crippen LogP contribution in [-0.4, -0.2) is 9.78 Å². The Hall–Kier alpha value is -1.81. The fourth-order valence-electron chi connectivity index (χ4n) is 1.90. The quantitative estimate of drug-likeness (QED) is 0.713. The third-order valence-electron chi connectivity index (χ3n) is 2.89. The highest BCUT2D eigenvalue weighted by molar-refractivity contribution is 7.17. The monoisotopic (exact) mass is 258 g/mol. The SMILES string of the molecule is CCn1cc(OCc2csc3ccccc23)cn1. The molecule has 4 heteroatoms. The standard InChI is InChI=1S/C14H14N2OS/c1-2-16-8-12(7-15-16)17-9-11-10-18-14-6-4-3-5-13(11)14/h3-8,10H,2,9H2,1H3. The van der Waals surface area contributed by atoms with Gasteiger partial charge in [0.2, 0.25) is 0 Å². The lowest BCUT2D eigenvalue weighted by Gasteiger charge is -2.02. The summed E-state index contributed by atoms with van der Waals surface area (Å²) in [5, 5.41) is 7.64. The number of fused-ring (bicyclic) bond motifs is 1. The predicted octanol–water partition coefficient (Wildman–Crippen LogP) is 3.70. The first kappa shape index (κ1) is 11.3. The van der Waals surface area contributed by atoms with E-state index in [2.05, 4.69) is 41.7 Å². The van der Waals surface area contributed by atoms with E-state index in [1.165, 1.54) is 15.6 Å². The van der Waals surface area contributed by atoms with Crippen LogP contribution in [0, 0.1) is 0 Å². The third kappa shape index (κ3) is 2.11. The van der Waals surface area contributed by atoms with E-state index in [1.54, 1.807) is 17.5 Å². The normalized spacial score (nSPS) is 10.9. The molecule has 0 aliphatic rings. The number of rotatable bonds is 4. The van der Waals surface area contributed by atoms with Crippen molar-refractivity contribution in [1.29, 1.82) is 0 Å². The molecule has 0 aliphatic heterocycles. The zero-order chi connectivity index (χ0) is 12.4. The highest BCUT2D eigenvalue weighted by Gasteiger charge is 2.05. The Bertz CT molecular complexity index is 656. The minimum absolute atomic E-state index is 0.597. The van der Waals surface area contributed by atoms with Gasteiger partial charge in [0.25, 0.3) is 0 Å². The number of thiophene rings is 1. The van der Waals surface area contributed by atoms with E-state index in [4.69, 9.17) is 4.74 Å². The van der Waals surface area contributed by atoms with E-state index in [0.717, 1.165) is 12.3 Å². The first-order valence-electron chi connectivity index (χ1n) is 5.97. The molecule has 3 rings (SSSR count). The molecular formula is C14H14N2OS. The van der Waals surface area contributed by atoms with Crippen molar-refractivity contribution in [3.05, 3.63) is 47.6 Å². The Morgan fingerprint density at radius 2 is 2.22 bits per heavy atom. The maximum atomic E-state index is 5.76. The van der Waals surface area contributed by atoms with E-state index in [-0.39, 0.29) is 0 Å². The van der Waals surface area contributed by atoms with Gasteiger partial charge in [-0.25, -0.2) is 0 Å². The number of aryl methyl sites for hydroxylation is 1. The Morgan fingerprint density at radius 3 is 3.06 bits per heavy atom. The minimum Gasteiger partial charge on any atom is -0.486 e. The lowest BCUT2D eigenvalue weighted by atomic mass is 10.2. The van der Waals surface area contributed by atoms with Gasteiger partial charge in [-0.1, -0.05) is 18.2 Å². The number of aromatic nitrogens is 2. The highest BCUT2D eigenvalue weighted by Crippen LogP contribution is 2.26. The van der Waals surface area contributed by atoms with Crippen LogP contribution in [0.4, 0.5) is 0 Å². The Labute approximate surface area is 110 Å². The molecule has 0 fully saturated rings. The van der Waals surface area contributed by atoms with Gasteiger partial charge >= 0.3 is 0 Å². The summed E-state index contributed by atoms with van der Waals surface area (Å²) in [5.74, 6) is 0.826. The molecule has 0 N–H and O–H groups in total. The fraction of sp³-hybridized carbons (Fsp3) is 0.214. The number of hydrogen-bond acceptors (Lipinski definition) is 3. The Kier molecular flexibility index (Phi) is 3.02. The molecule has 2 aromatic heterocycles. The van der Waals surface area contributed by atoms with Gasteiger partial charge in [0.15, 0.2) is 5.75 Å². The van der Waals surface area contributed by atoms with Crippen LogP contribution in [-0.2, 0) is 13.2 Å². The second-order valence-corrected chi connectivity index (χ2v) is 4.99. The van der Waals surface area contributed by atoms with Crippen molar-refractivity contribution in [3.8, 4) is 5.75 Å². The molecular weight excluding hydrogens is 244 g/mol. The van der Waals surface area contributed by atoms with Crippen molar-refractivity contribution in [2.75, 3.05) is 0 Å². The zero-order valence-corrected chi connectivity index (χ0v) is 11.0. The van der Waals surface area contributed by atoms with Gasteiger partial charge in [0.1, 0.15) is 6.61 Å². The van der Waals surface area contributed by atoms with Crippen molar-refractivity contribution in [1.82, 2.24) is 9.78 Å². The molecule has 0 aliphatic carbocycles. The Balaban J connectivity index is 1.76. The van der Waals surface area contributed by atoms with Crippen LogP contribution >= 0.6 is 11.3 Å². The van der Waals surface area contributed by atoms with Crippen LogP contribution < -0.4 is 4.74 Å². The van der Waals surface area contributed by atoms with Gasteiger partial charge in [-0.2, -0.15) is 5.10 Å². The summed E-state index contributed by atoms with van der Waals surface area (Å²) in [7, 11) is 0. The maximum absolute atomic E-state index is 5.76. The lowest BCUT2D eigenvalue weighted by molar-refractivity contribution is 0.307. The molecule has 3 aromatic rings. The molecule has 0 radical (unpaired) electrons. The van der Waals surface area contributed by atoms with Crippen molar-refractivity contribution in [2.45, 2.75) is 20.1 Å². The van der Waals surface area contributed by atoms with E-state index < -0.39 is 0 Å². The van der Waals surface area contributed by atoms with E-state index in [0.29, 0.717) is 6.61 Å². The molecule has 1 aromatic carbocycles. The van der Waals surface area contributed by atoms with Crippen LogP contribution in [0.5, 0.6) is 5.75 Å². The van der Waals surface area contributed by atoms with Crippen molar-refractivity contribution < 1.29 is 4.74 Å². The molecule has 18 heavy (non-hydrogen) atoms. The molecule has 92 valence electrons. The first-order valence-corrected chi connectivity index (χ1v) is 6.85. The Morgan fingerprint density at radius 1 is 1.33 bits per heavy atom. The fourth-order valence-corrected chi connectivity index (χ4v) is 2.85. The largest absolute Gasteiger partial charge is 0.486 e. The van der Waals surface area contributed by atoms with Gasteiger partial charge in [0.05, 0.1) is 12.4 Å². The zero-order valence-electron chi connectivity index (χ0n) is 10.2. The summed E-state index contributed by atoms with van der Waals surface area (Å²) in [6, 6.07) is 8.40. The van der Waals surface area contributed by atoms with Crippen LogP contribution in [0.25, 0.3) is 10.1 Å². The number of nitrogens with zero attached hydrogens (tertiary/aromatic N) is 2. The summed E-state index contributed by atoms with van der Waals surface area (Å²) in [6.07, 6.45) is 3.69. The average Bonchev–Trinajstić information content (AvgIpc) is 3.03. The topological polar surface area (TPSA) is 27.1 Å². The summed E-state index contributed by atoms with van der Waals surface area (Å²) in [5.41, 5.74) is 1.24. The third-order valence-corrected chi connectivity index (χ3v) is 3.90. The second kappa shape index (κ2) is 4.82. The summed E-state index contributed by atoms with van der Waals surface area (Å²) in [4.78, 5) is 0. The average molecular weight is 258 g/mol. The van der Waals surface area contributed by atoms with Gasteiger partial charge in [0, 0.05) is 16.8 Å². The van der Waals surface area contributed by atoms with E-state index in [1.807, 2.05) is 10.9 Å². The van der Waals surface area contributed by atoms with Crippen LogP contribution in [0.15, 0.2) is 42.0 Å². The smallest absolute Gasteiger partial charge is 0.157 e. The molecule has 0 bridgehead atoms. The number of hydrogen-bond donors (Lipinski definition) is 0. The van der Waals surface area contributed by atoms with Gasteiger partial charge in [-0.15, -0.1) is 11.3 Å². The number of ether oxygens (including phenoxy) is 1. The molecule has 0 spiro atoms. The molecule has 0 unspecified atom stereocenters. The molecule has 3 nitrogen and oxygen atoms in total. The highest BCUT2D eigenvalue weighted by atomic mass is 32.1. The summed E-state index contributed by atoms with van der Waals surface area (Å²) in [6.45, 7) is 3.52. The molecule has 0 saturated carbocycles. The van der Waals surface area contributed by atoms with Gasteiger partial charge in [-0.05, 0) is 23.8 Å². The maximum Gasteiger partial charge on any atom is 0.157 e. The summed E-state index contributed by atoms with van der Waals surface area (Å²) < 4.78 is 8.93. The minimum atomic E-state index is 0.597. The van der Waals surface area contributed by atoms with Crippen LogP contribution in [0.3, 0.4) is 0 Å².